The minimum Gasteiger partial charge on any atom is -0.390 e. The summed E-state index contributed by atoms with van der Waals surface area (Å²) in [6.07, 6.45) is 3.10. The first-order valence-electron chi connectivity index (χ1n) is 5.81. The number of anilines is 1. The van der Waals surface area contributed by atoms with E-state index in [1.54, 1.807) is 6.20 Å². The smallest absolute Gasteiger partial charge is 0.175 e. The maximum atomic E-state index is 9.71. The Balaban J connectivity index is 1.91. The van der Waals surface area contributed by atoms with E-state index in [1.807, 2.05) is 19.1 Å². The van der Waals surface area contributed by atoms with E-state index in [-0.39, 0.29) is 6.04 Å². The lowest BCUT2D eigenvalue weighted by Gasteiger charge is -2.41. The second kappa shape index (κ2) is 4.03. The van der Waals surface area contributed by atoms with Gasteiger partial charge >= 0.3 is 0 Å². The number of nitrogens with zero attached hydrogens (tertiary/aromatic N) is 3. The summed E-state index contributed by atoms with van der Waals surface area (Å²) in [4.78, 5) is 4.28. The highest BCUT2D eigenvalue weighted by molar-refractivity contribution is 6.34. The highest BCUT2D eigenvalue weighted by atomic mass is 35.5. The first kappa shape index (κ1) is 11.6. The molecule has 2 aromatic heterocycles. The van der Waals surface area contributed by atoms with Gasteiger partial charge in [-0.2, -0.15) is 0 Å². The summed E-state index contributed by atoms with van der Waals surface area (Å²) in [7, 11) is 0. The van der Waals surface area contributed by atoms with Crippen LogP contribution >= 0.6 is 11.6 Å². The fourth-order valence-electron chi connectivity index (χ4n) is 2.35. The van der Waals surface area contributed by atoms with Crippen molar-refractivity contribution in [3.8, 4) is 0 Å². The molecule has 5 nitrogen and oxygen atoms in total. The lowest BCUT2D eigenvalue weighted by molar-refractivity contribution is -0.0235. The number of rotatable bonds is 2. The quantitative estimate of drug-likeness (QED) is 0.868. The van der Waals surface area contributed by atoms with Gasteiger partial charge in [-0.3, -0.25) is 4.98 Å². The van der Waals surface area contributed by atoms with Crippen molar-refractivity contribution in [2.75, 3.05) is 5.32 Å². The molecule has 0 atom stereocenters. The molecular formula is C12H13ClN4O. The molecule has 1 saturated carbocycles. The highest BCUT2D eigenvalue weighted by Crippen LogP contribution is 2.34. The third kappa shape index (κ3) is 2.00. The van der Waals surface area contributed by atoms with E-state index in [4.69, 9.17) is 11.6 Å². The van der Waals surface area contributed by atoms with Crippen LogP contribution in [0, 0.1) is 0 Å². The molecule has 0 bridgehead atoms. The van der Waals surface area contributed by atoms with Crippen LogP contribution in [0.25, 0.3) is 10.9 Å². The maximum absolute atomic E-state index is 9.71. The normalized spacial score (nSPS) is 26.9. The van der Waals surface area contributed by atoms with E-state index in [2.05, 4.69) is 20.5 Å². The number of pyridine rings is 1. The van der Waals surface area contributed by atoms with Crippen LogP contribution in [0.4, 0.5) is 5.82 Å². The van der Waals surface area contributed by atoms with Crippen LogP contribution < -0.4 is 5.32 Å². The van der Waals surface area contributed by atoms with Crippen molar-refractivity contribution in [2.45, 2.75) is 31.4 Å². The predicted octanol–water partition coefficient (Wildman–Crippen LogP) is 2.00. The molecule has 0 aliphatic heterocycles. The summed E-state index contributed by atoms with van der Waals surface area (Å²) in [6.45, 7) is 1.83. The van der Waals surface area contributed by atoms with Crippen LogP contribution in [0.3, 0.4) is 0 Å². The fourth-order valence-corrected chi connectivity index (χ4v) is 2.54. The highest BCUT2D eigenvalue weighted by Gasteiger charge is 2.38. The molecule has 1 fully saturated rings. The summed E-state index contributed by atoms with van der Waals surface area (Å²) >= 11 is 5.98. The zero-order valence-corrected chi connectivity index (χ0v) is 10.6. The molecule has 0 amide bonds. The van der Waals surface area contributed by atoms with Gasteiger partial charge in [0, 0.05) is 17.6 Å². The van der Waals surface area contributed by atoms with Gasteiger partial charge in [-0.1, -0.05) is 11.6 Å². The summed E-state index contributed by atoms with van der Waals surface area (Å²) < 4.78 is 0. The van der Waals surface area contributed by atoms with Crippen LogP contribution in [-0.2, 0) is 0 Å². The fraction of sp³-hybridized carbons (Fsp3) is 0.417. The van der Waals surface area contributed by atoms with E-state index in [1.165, 1.54) is 0 Å². The molecule has 94 valence electrons. The number of nitrogens with one attached hydrogen (secondary N) is 1. The number of hydrogen-bond acceptors (Lipinski definition) is 5. The Morgan fingerprint density at radius 2 is 2.22 bits per heavy atom. The number of aromatic nitrogens is 3. The summed E-state index contributed by atoms with van der Waals surface area (Å²) in [5.41, 5.74) is 0.143. The van der Waals surface area contributed by atoms with Crippen LogP contribution in [0.5, 0.6) is 0 Å². The third-order valence-electron chi connectivity index (χ3n) is 3.21. The van der Waals surface area contributed by atoms with Crippen molar-refractivity contribution < 1.29 is 5.11 Å². The van der Waals surface area contributed by atoms with Crippen molar-refractivity contribution in [2.24, 2.45) is 0 Å². The molecule has 1 aliphatic rings. The third-order valence-corrected chi connectivity index (χ3v) is 3.48. The van der Waals surface area contributed by atoms with Gasteiger partial charge in [0.25, 0.3) is 0 Å². The molecule has 2 heterocycles. The average molecular weight is 265 g/mol. The van der Waals surface area contributed by atoms with E-state index in [9.17, 15) is 5.11 Å². The topological polar surface area (TPSA) is 70.9 Å². The van der Waals surface area contributed by atoms with E-state index < -0.39 is 5.60 Å². The lowest BCUT2D eigenvalue weighted by Crippen LogP contribution is -2.48. The van der Waals surface area contributed by atoms with E-state index in [0.29, 0.717) is 29.3 Å². The van der Waals surface area contributed by atoms with Crippen LogP contribution in [-0.4, -0.2) is 31.9 Å². The number of aliphatic hydroxyl groups is 1. The minimum atomic E-state index is -0.569. The number of halogens is 1. The van der Waals surface area contributed by atoms with E-state index in [0.717, 1.165) is 5.39 Å². The first-order chi connectivity index (χ1) is 8.55. The molecule has 0 radical (unpaired) electrons. The Bertz CT molecular complexity index is 594. The molecule has 18 heavy (non-hydrogen) atoms. The summed E-state index contributed by atoms with van der Waals surface area (Å²) in [5.74, 6) is 0.621. The van der Waals surface area contributed by atoms with Gasteiger partial charge in [-0.25, -0.2) is 0 Å². The molecule has 2 N–H and O–H groups in total. The summed E-state index contributed by atoms with van der Waals surface area (Å²) in [5, 5.41) is 22.0. The molecule has 1 aliphatic carbocycles. The largest absolute Gasteiger partial charge is 0.390 e. The van der Waals surface area contributed by atoms with Crippen molar-refractivity contribution in [3.63, 3.8) is 0 Å². The van der Waals surface area contributed by atoms with Gasteiger partial charge in [0.1, 0.15) is 5.52 Å². The van der Waals surface area contributed by atoms with Gasteiger partial charge in [0.2, 0.25) is 0 Å². The Morgan fingerprint density at radius 1 is 1.44 bits per heavy atom. The Kier molecular flexibility index (Phi) is 2.60. The minimum absolute atomic E-state index is 0.209. The van der Waals surface area contributed by atoms with Gasteiger partial charge < -0.3 is 10.4 Å². The van der Waals surface area contributed by atoms with Gasteiger partial charge in [-0.05, 0) is 31.9 Å². The zero-order chi connectivity index (χ0) is 12.8. The second-order valence-electron chi connectivity index (χ2n) is 4.99. The van der Waals surface area contributed by atoms with Crippen molar-refractivity contribution in [1.82, 2.24) is 15.2 Å². The van der Waals surface area contributed by atoms with Gasteiger partial charge in [-0.15, -0.1) is 10.2 Å². The van der Waals surface area contributed by atoms with Crippen LogP contribution in [0.2, 0.25) is 5.15 Å². The van der Waals surface area contributed by atoms with Crippen molar-refractivity contribution >= 4 is 28.3 Å². The second-order valence-corrected chi connectivity index (χ2v) is 5.34. The maximum Gasteiger partial charge on any atom is 0.175 e. The average Bonchev–Trinajstić information content (AvgIpc) is 2.31. The molecule has 0 saturated heterocycles. The van der Waals surface area contributed by atoms with Gasteiger partial charge in [0.05, 0.1) is 5.60 Å². The first-order valence-corrected chi connectivity index (χ1v) is 6.19. The molecule has 3 rings (SSSR count). The van der Waals surface area contributed by atoms with E-state index >= 15 is 0 Å². The molecular weight excluding hydrogens is 252 g/mol. The SMILES string of the molecule is CC1(O)CC(Nc2nnc(Cl)c3cccnc23)C1. The molecule has 2 aromatic rings. The number of fused-ring (bicyclic) bond motifs is 1. The molecule has 0 unspecified atom stereocenters. The predicted molar refractivity (Wildman–Crippen MR) is 69.6 cm³/mol. The van der Waals surface area contributed by atoms with Crippen molar-refractivity contribution in [3.05, 3.63) is 23.5 Å². The molecule has 0 spiro atoms. The Labute approximate surface area is 109 Å². The van der Waals surface area contributed by atoms with Crippen molar-refractivity contribution in [1.29, 1.82) is 0 Å². The van der Waals surface area contributed by atoms with Gasteiger partial charge in [0.15, 0.2) is 11.0 Å². The Hall–Kier alpha value is -1.46. The standard InChI is InChI=1S/C12H13ClN4O/c1-12(18)5-7(6-12)15-11-9-8(3-2-4-14-9)10(13)16-17-11/h2-4,7,18H,5-6H2,1H3,(H,15,17). The Morgan fingerprint density at radius 3 is 2.94 bits per heavy atom. The molecule has 6 heteroatoms. The lowest BCUT2D eigenvalue weighted by atomic mass is 9.77. The zero-order valence-electron chi connectivity index (χ0n) is 9.89. The monoisotopic (exact) mass is 264 g/mol. The van der Waals surface area contributed by atoms with Crippen LogP contribution in [0.1, 0.15) is 19.8 Å². The molecule has 0 aromatic carbocycles. The summed E-state index contributed by atoms with van der Waals surface area (Å²) in [6, 6.07) is 3.88. The number of hydrogen-bond donors (Lipinski definition) is 2. The van der Waals surface area contributed by atoms with Crippen LogP contribution in [0.15, 0.2) is 18.3 Å².